The maximum Gasteiger partial charge on any atom is 0.308 e. The van der Waals surface area contributed by atoms with Gasteiger partial charge in [0.2, 0.25) is 0 Å². The van der Waals surface area contributed by atoms with Gasteiger partial charge < -0.3 is 10.2 Å². The highest BCUT2D eigenvalue weighted by Crippen LogP contribution is 1.79. The van der Waals surface area contributed by atoms with Crippen molar-refractivity contribution in [2.45, 2.75) is 20.3 Å². The van der Waals surface area contributed by atoms with E-state index < -0.39 is 53.4 Å². The average Bonchev–Trinajstić information content (AvgIpc) is 2.48. The van der Waals surface area contributed by atoms with Crippen LogP contribution in [0.4, 0.5) is 0 Å². The molecule has 2 N–H and O–H groups in total. The quantitative estimate of drug-likeness (QED) is 0.235. The first-order chi connectivity index (χ1) is 11.1. The molecule has 0 aromatic rings. The van der Waals surface area contributed by atoms with Gasteiger partial charge in [0.1, 0.15) is 0 Å². The van der Waals surface area contributed by atoms with Crippen molar-refractivity contribution in [2.75, 3.05) is 33.7 Å². The van der Waals surface area contributed by atoms with Gasteiger partial charge in [-0.3, -0.25) is 49.9 Å². The number of nitro groups is 4. The van der Waals surface area contributed by atoms with E-state index in [1.165, 1.54) is 6.42 Å². The lowest BCUT2D eigenvalue weighted by molar-refractivity contribution is -0.550. The Morgan fingerprint density at radius 2 is 0.917 bits per heavy atom. The van der Waals surface area contributed by atoms with Crippen molar-refractivity contribution in [3.05, 3.63) is 40.5 Å². The molecule has 16 heteroatoms. The Kier molecular flexibility index (Phi) is 31.2. The summed E-state index contributed by atoms with van der Waals surface area (Å²) in [4.78, 5) is 34.0. The first-order valence-corrected chi connectivity index (χ1v) is 5.93. The predicted molar refractivity (Wildman–Crippen MR) is 74.9 cm³/mol. The minimum absolute atomic E-state index is 0.442. The Morgan fingerprint density at radius 1 is 0.708 bits per heavy atom. The molecular formula is C8H20N4O12. The fourth-order valence-corrected chi connectivity index (χ4v) is 0.283. The number of rotatable bonds is 8. The molecule has 0 radical (unpaired) electrons. The first kappa shape index (κ1) is 29.5. The van der Waals surface area contributed by atoms with Crippen LogP contribution < -0.4 is 0 Å². The highest BCUT2D eigenvalue weighted by Gasteiger charge is 1.98. The molecule has 0 amide bonds. The van der Waals surface area contributed by atoms with Crippen molar-refractivity contribution in [2.24, 2.45) is 0 Å². The molecule has 0 bridgehead atoms. The fraction of sp³-hybridized carbons (Fsp3) is 1.00. The molecule has 0 unspecified atom stereocenters. The lowest BCUT2D eigenvalue weighted by atomic mass is 10.6. The van der Waals surface area contributed by atoms with Crippen molar-refractivity contribution >= 4 is 0 Å². The lowest BCUT2D eigenvalue weighted by Crippen LogP contribution is -2.12. The molecule has 0 saturated heterocycles. The minimum atomic E-state index is -0.972. The van der Waals surface area contributed by atoms with E-state index in [0.717, 1.165) is 0 Å². The predicted octanol–water partition coefficient (Wildman–Crippen LogP) is -0.712. The second-order valence-corrected chi connectivity index (χ2v) is 3.11. The number of ether oxygens (including phenoxy) is 2. The zero-order valence-electron chi connectivity index (χ0n) is 13.0. The molecule has 24 heavy (non-hydrogen) atoms. The molecule has 0 fully saturated rings. The second-order valence-electron chi connectivity index (χ2n) is 3.11. The SMILES string of the molecule is CCC.O=[N+]([O-])CO.O=[N+]([O-])CO.O=[N+]([O-])COCOC[N+](=O)[O-]. The van der Waals surface area contributed by atoms with Gasteiger partial charge in [-0.15, -0.1) is 0 Å². The molecular weight excluding hydrogens is 344 g/mol. The zero-order chi connectivity index (χ0) is 20.0. The van der Waals surface area contributed by atoms with E-state index in [2.05, 4.69) is 23.3 Å². The lowest BCUT2D eigenvalue weighted by Gasteiger charge is -1.96. The number of hydrogen-bond acceptors (Lipinski definition) is 12. The van der Waals surface area contributed by atoms with Crippen LogP contribution in [0.3, 0.4) is 0 Å². The summed E-state index contributed by atoms with van der Waals surface area (Å²) in [6.07, 6.45) is 1.25. The van der Waals surface area contributed by atoms with Crippen LogP contribution in [0.5, 0.6) is 0 Å². The van der Waals surface area contributed by atoms with Gasteiger partial charge in [-0.1, -0.05) is 20.3 Å². The molecule has 0 aromatic carbocycles. The van der Waals surface area contributed by atoms with Crippen molar-refractivity contribution < 1.29 is 39.4 Å². The van der Waals surface area contributed by atoms with Crippen molar-refractivity contribution in [1.82, 2.24) is 0 Å². The molecule has 16 nitrogen and oxygen atoms in total. The zero-order valence-corrected chi connectivity index (χ0v) is 13.0. The van der Waals surface area contributed by atoms with Crippen molar-refractivity contribution in [3.8, 4) is 0 Å². The molecule has 0 aliphatic carbocycles. The third-order valence-corrected chi connectivity index (χ3v) is 0.791. The molecule has 0 atom stereocenters. The standard InChI is InChI=1S/C3H6N2O6.C3H8.2CH3NO3/c6-4(7)1-10-3-11-2-5(8)9;1-3-2;2*3-1-2(4)5/h1-3H2;3H2,1-2H3;2*3H,1H2. The van der Waals surface area contributed by atoms with Gasteiger partial charge in [0.25, 0.3) is 0 Å². The molecule has 0 heterocycles. The van der Waals surface area contributed by atoms with Crippen LogP contribution >= 0.6 is 0 Å². The summed E-state index contributed by atoms with van der Waals surface area (Å²) in [6.45, 7) is 0.442. The first-order valence-electron chi connectivity index (χ1n) is 5.93. The molecule has 0 spiro atoms. The van der Waals surface area contributed by atoms with Crippen LogP contribution in [-0.2, 0) is 9.47 Å². The summed E-state index contributed by atoms with van der Waals surface area (Å²) in [5, 5.41) is 51.9. The van der Waals surface area contributed by atoms with Crippen molar-refractivity contribution in [1.29, 1.82) is 0 Å². The Morgan fingerprint density at radius 3 is 1.04 bits per heavy atom. The minimum Gasteiger partial charge on any atom is -0.335 e. The van der Waals surface area contributed by atoms with Crippen LogP contribution in [0.2, 0.25) is 0 Å². The Balaban J connectivity index is -0.000000129. The number of aliphatic hydroxyl groups is 2. The molecule has 0 saturated carbocycles. The van der Waals surface area contributed by atoms with E-state index in [4.69, 9.17) is 30.4 Å². The highest BCUT2D eigenvalue weighted by molar-refractivity contribution is 4.07. The van der Waals surface area contributed by atoms with E-state index in [0.29, 0.717) is 0 Å². The van der Waals surface area contributed by atoms with Crippen molar-refractivity contribution in [3.63, 3.8) is 0 Å². The summed E-state index contributed by atoms with van der Waals surface area (Å²) in [6, 6.07) is 0. The average molecular weight is 364 g/mol. The van der Waals surface area contributed by atoms with Crippen LogP contribution in [0.1, 0.15) is 20.3 Å². The Hall–Kier alpha value is -2.56. The topological polar surface area (TPSA) is 231 Å². The number of aliphatic hydroxyl groups excluding tert-OH is 2. The molecule has 0 rings (SSSR count). The number of nitrogens with zero attached hydrogens (tertiary/aromatic N) is 4. The third-order valence-electron chi connectivity index (χ3n) is 0.791. The Labute approximate surface area is 135 Å². The normalized spacial score (nSPS) is 8.17. The summed E-state index contributed by atoms with van der Waals surface area (Å²) in [7, 11) is 0. The van der Waals surface area contributed by atoms with Gasteiger partial charge in [0.05, 0.1) is 0 Å². The van der Waals surface area contributed by atoms with Gasteiger partial charge in [0.15, 0.2) is 6.79 Å². The van der Waals surface area contributed by atoms with Gasteiger partial charge >= 0.3 is 26.9 Å². The maximum absolute atomic E-state index is 9.59. The second kappa shape index (κ2) is 25.4. The summed E-state index contributed by atoms with van der Waals surface area (Å²) in [5.74, 6) is 0. The smallest absolute Gasteiger partial charge is 0.308 e. The molecule has 144 valence electrons. The number of hydrogen-bond donors (Lipinski definition) is 2. The van der Waals surface area contributed by atoms with E-state index in [1.54, 1.807) is 0 Å². The molecule has 0 aliphatic heterocycles. The largest absolute Gasteiger partial charge is 0.335 e. The van der Waals surface area contributed by atoms with Gasteiger partial charge in [-0.2, -0.15) is 0 Å². The van der Waals surface area contributed by atoms with Crippen LogP contribution in [0, 0.1) is 40.5 Å². The summed E-state index contributed by atoms with van der Waals surface area (Å²) >= 11 is 0. The van der Waals surface area contributed by atoms with E-state index >= 15 is 0 Å². The summed E-state index contributed by atoms with van der Waals surface area (Å²) < 4.78 is 8.44. The van der Waals surface area contributed by atoms with Crippen LogP contribution in [0.25, 0.3) is 0 Å². The third kappa shape index (κ3) is 74.2. The monoisotopic (exact) mass is 364 g/mol. The van der Waals surface area contributed by atoms with Gasteiger partial charge in [-0.05, 0) is 0 Å². The van der Waals surface area contributed by atoms with Gasteiger partial charge in [-0.25, -0.2) is 0 Å². The van der Waals surface area contributed by atoms with Gasteiger partial charge in [0, 0.05) is 19.7 Å². The van der Waals surface area contributed by atoms with E-state index in [-0.39, 0.29) is 0 Å². The molecule has 0 aromatic heterocycles. The fourth-order valence-electron chi connectivity index (χ4n) is 0.283. The van der Waals surface area contributed by atoms with Crippen LogP contribution in [0.15, 0.2) is 0 Å². The van der Waals surface area contributed by atoms with E-state index in [9.17, 15) is 20.2 Å². The van der Waals surface area contributed by atoms with E-state index in [1.807, 2.05) is 0 Å². The maximum atomic E-state index is 9.59. The van der Waals surface area contributed by atoms with Crippen LogP contribution in [-0.4, -0.2) is 63.6 Å². The molecule has 0 aliphatic rings. The Bertz CT molecular complexity index is 309. The summed E-state index contributed by atoms with van der Waals surface area (Å²) in [5.41, 5.74) is 0. The highest BCUT2D eigenvalue weighted by atomic mass is 16.7.